The molecular weight excluding hydrogens is 379 g/mol. The number of rotatable bonds is 4. The highest BCUT2D eigenvalue weighted by molar-refractivity contribution is 7.92. The lowest BCUT2D eigenvalue weighted by Gasteiger charge is -2.17. The molecular formula is C19H16F3NO3S. The molecule has 0 bridgehead atoms. The van der Waals surface area contributed by atoms with Crippen molar-refractivity contribution in [2.75, 3.05) is 0 Å². The van der Waals surface area contributed by atoms with Crippen LogP contribution < -0.4 is 4.74 Å². The monoisotopic (exact) mass is 395 g/mol. The normalized spacial score (nSPS) is 23.0. The maximum Gasteiger partial charge on any atom is 0.417 e. The molecule has 0 aromatic heterocycles. The SMILES string of the molecule is N#C[C@H]1C[C@H](S(=O)(=O)c2ccccc2C(F)(F)F)C[C@@H]1Oc1ccccc1. The van der Waals surface area contributed by atoms with Gasteiger partial charge in [0.15, 0.2) is 9.84 Å². The van der Waals surface area contributed by atoms with E-state index < -0.39 is 43.7 Å². The standard InChI is InChI=1S/C19H16F3NO3S/c20-19(21,22)16-8-4-5-9-18(16)27(24,25)15-10-13(12-23)17(11-15)26-14-6-2-1-3-7-14/h1-9,13,15,17H,10-11H2/t13-,15+,17+/m1/s1. The topological polar surface area (TPSA) is 67.2 Å². The van der Waals surface area contributed by atoms with E-state index in [4.69, 9.17) is 4.74 Å². The molecule has 1 aliphatic carbocycles. The molecule has 142 valence electrons. The number of para-hydroxylation sites is 1. The molecule has 27 heavy (non-hydrogen) atoms. The van der Waals surface area contributed by atoms with Gasteiger partial charge < -0.3 is 4.74 Å². The van der Waals surface area contributed by atoms with E-state index in [0.717, 1.165) is 18.2 Å². The molecule has 8 heteroatoms. The van der Waals surface area contributed by atoms with Crippen molar-refractivity contribution in [3.05, 3.63) is 60.2 Å². The summed E-state index contributed by atoms with van der Waals surface area (Å²) in [7, 11) is -4.27. The predicted octanol–water partition coefficient (Wildman–Crippen LogP) is 4.23. The summed E-state index contributed by atoms with van der Waals surface area (Å²) >= 11 is 0. The van der Waals surface area contributed by atoms with Gasteiger partial charge in [0.05, 0.1) is 27.7 Å². The molecule has 2 aromatic rings. The van der Waals surface area contributed by atoms with E-state index in [1.165, 1.54) is 6.07 Å². The molecule has 2 aromatic carbocycles. The first-order chi connectivity index (χ1) is 12.7. The Hall–Kier alpha value is -2.53. The second kappa shape index (κ2) is 7.24. The zero-order valence-electron chi connectivity index (χ0n) is 14.1. The van der Waals surface area contributed by atoms with Crippen LogP contribution in [0.2, 0.25) is 0 Å². The minimum Gasteiger partial charge on any atom is -0.489 e. The van der Waals surface area contributed by atoms with Crippen molar-refractivity contribution in [2.24, 2.45) is 5.92 Å². The molecule has 0 unspecified atom stereocenters. The summed E-state index contributed by atoms with van der Waals surface area (Å²) in [5, 5.41) is 8.24. The minimum atomic E-state index is -4.78. The summed E-state index contributed by atoms with van der Waals surface area (Å²) in [6, 6.07) is 14.8. The number of hydrogen-bond donors (Lipinski definition) is 0. The van der Waals surface area contributed by atoms with Gasteiger partial charge in [0, 0.05) is 6.42 Å². The van der Waals surface area contributed by atoms with Crippen LogP contribution in [0.4, 0.5) is 13.2 Å². The number of hydrogen-bond acceptors (Lipinski definition) is 4. The van der Waals surface area contributed by atoms with Crippen LogP contribution in [0.3, 0.4) is 0 Å². The summed E-state index contributed by atoms with van der Waals surface area (Å²) < 4.78 is 71.2. The molecule has 1 aliphatic rings. The molecule has 0 saturated heterocycles. The van der Waals surface area contributed by atoms with Gasteiger partial charge in [-0.2, -0.15) is 18.4 Å². The predicted molar refractivity (Wildman–Crippen MR) is 91.6 cm³/mol. The maximum atomic E-state index is 13.2. The number of nitriles is 1. The van der Waals surface area contributed by atoms with Gasteiger partial charge in [-0.1, -0.05) is 30.3 Å². The highest BCUT2D eigenvalue weighted by Crippen LogP contribution is 2.40. The highest BCUT2D eigenvalue weighted by Gasteiger charge is 2.46. The number of alkyl halides is 3. The van der Waals surface area contributed by atoms with Crippen LogP contribution in [-0.4, -0.2) is 19.8 Å². The highest BCUT2D eigenvalue weighted by atomic mass is 32.2. The van der Waals surface area contributed by atoms with Crippen LogP contribution in [0.15, 0.2) is 59.5 Å². The third-order valence-corrected chi connectivity index (χ3v) is 6.83. The smallest absolute Gasteiger partial charge is 0.417 e. The molecule has 1 fully saturated rings. The summed E-state index contributed by atoms with van der Waals surface area (Å²) in [4.78, 5) is -0.750. The molecule has 0 amide bonds. The molecule has 0 N–H and O–H groups in total. The average molecular weight is 395 g/mol. The fraction of sp³-hybridized carbons (Fsp3) is 0.316. The van der Waals surface area contributed by atoms with Gasteiger partial charge in [-0.3, -0.25) is 0 Å². The fourth-order valence-electron chi connectivity index (χ4n) is 3.28. The van der Waals surface area contributed by atoms with Crippen LogP contribution in [0.1, 0.15) is 18.4 Å². The second-order valence-electron chi connectivity index (χ2n) is 6.34. The van der Waals surface area contributed by atoms with Crippen molar-refractivity contribution in [2.45, 2.75) is 35.3 Å². The number of benzene rings is 2. The van der Waals surface area contributed by atoms with Crippen molar-refractivity contribution in [3.8, 4) is 11.8 Å². The first-order valence-corrected chi connectivity index (χ1v) is 9.79. The Labute approximate surface area is 155 Å². The lowest BCUT2D eigenvalue weighted by Crippen LogP contribution is -2.24. The van der Waals surface area contributed by atoms with Gasteiger partial charge in [0.1, 0.15) is 11.9 Å². The van der Waals surface area contributed by atoms with Crippen molar-refractivity contribution in [3.63, 3.8) is 0 Å². The van der Waals surface area contributed by atoms with E-state index in [0.29, 0.717) is 5.75 Å². The van der Waals surface area contributed by atoms with E-state index in [-0.39, 0.29) is 12.8 Å². The Morgan fingerprint density at radius 3 is 2.26 bits per heavy atom. The van der Waals surface area contributed by atoms with Crippen molar-refractivity contribution >= 4 is 9.84 Å². The van der Waals surface area contributed by atoms with E-state index in [2.05, 4.69) is 0 Å². The van der Waals surface area contributed by atoms with E-state index in [9.17, 15) is 26.9 Å². The van der Waals surface area contributed by atoms with Gasteiger partial charge in [0.25, 0.3) is 0 Å². The van der Waals surface area contributed by atoms with Crippen LogP contribution in [0.5, 0.6) is 5.75 Å². The Bertz CT molecular complexity index is 952. The quantitative estimate of drug-likeness (QED) is 0.777. The van der Waals surface area contributed by atoms with E-state index >= 15 is 0 Å². The maximum absolute atomic E-state index is 13.2. The lowest BCUT2D eigenvalue weighted by molar-refractivity contribution is -0.139. The zero-order chi connectivity index (χ0) is 19.7. The Kier molecular flexibility index (Phi) is 5.16. The lowest BCUT2D eigenvalue weighted by atomic mass is 10.1. The third kappa shape index (κ3) is 3.93. The largest absolute Gasteiger partial charge is 0.489 e. The summed E-state index contributed by atoms with van der Waals surface area (Å²) in [6.45, 7) is 0. The van der Waals surface area contributed by atoms with Gasteiger partial charge in [-0.25, -0.2) is 8.42 Å². The van der Waals surface area contributed by atoms with Crippen molar-refractivity contribution in [1.29, 1.82) is 5.26 Å². The molecule has 0 radical (unpaired) electrons. The van der Waals surface area contributed by atoms with Crippen LogP contribution in [0.25, 0.3) is 0 Å². The van der Waals surface area contributed by atoms with Crippen LogP contribution >= 0.6 is 0 Å². The van der Waals surface area contributed by atoms with Gasteiger partial charge in [-0.15, -0.1) is 0 Å². The van der Waals surface area contributed by atoms with E-state index in [1.54, 1.807) is 30.3 Å². The zero-order valence-corrected chi connectivity index (χ0v) is 14.9. The van der Waals surface area contributed by atoms with Crippen molar-refractivity contribution in [1.82, 2.24) is 0 Å². The number of halogens is 3. The van der Waals surface area contributed by atoms with E-state index in [1.807, 2.05) is 6.07 Å². The first-order valence-electron chi connectivity index (χ1n) is 8.25. The first kappa shape index (κ1) is 19.2. The third-order valence-electron chi connectivity index (χ3n) is 4.60. The van der Waals surface area contributed by atoms with Crippen LogP contribution in [-0.2, 0) is 16.0 Å². The number of nitrogens with zero attached hydrogens (tertiary/aromatic N) is 1. The second-order valence-corrected chi connectivity index (χ2v) is 8.53. The van der Waals surface area contributed by atoms with Gasteiger partial charge in [0.2, 0.25) is 0 Å². The van der Waals surface area contributed by atoms with Gasteiger partial charge in [-0.05, 0) is 30.7 Å². The fourth-order valence-corrected chi connectivity index (χ4v) is 5.30. The summed E-state index contributed by atoms with van der Waals surface area (Å²) in [5.41, 5.74) is -1.19. The number of ether oxygens (including phenoxy) is 1. The molecule has 3 atom stereocenters. The molecule has 4 nitrogen and oxygen atoms in total. The summed E-state index contributed by atoms with van der Waals surface area (Å²) in [6.07, 6.45) is -5.59. The Morgan fingerprint density at radius 1 is 1.00 bits per heavy atom. The van der Waals surface area contributed by atoms with Gasteiger partial charge >= 0.3 is 6.18 Å². The summed E-state index contributed by atoms with van der Waals surface area (Å²) in [5.74, 6) is -0.237. The van der Waals surface area contributed by atoms with Crippen LogP contribution in [0, 0.1) is 17.2 Å². The van der Waals surface area contributed by atoms with Crippen molar-refractivity contribution < 1.29 is 26.3 Å². The molecule has 0 spiro atoms. The average Bonchev–Trinajstić information content (AvgIpc) is 3.05. The Morgan fingerprint density at radius 2 is 1.63 bits per heavy atom. The number of sulfone groups is 1. The molecule has 3 rings (SSSR count). The molecule has 0 aliphatic heterocycles. The Balaban J connectivity index is 1.90. The molecule has 1 saturated carbocycles. The minimum absolute atomic E-state index is 0.0400. The molecule has 0 heterocycles.